The zero-order valence-electron chi connectivity index (χ0n) is 11.3. The van der Waals surface area contributed by atoms with Crippen molar-refractivity contribution in [1.29, 1.82) is 0 Å². The fourth-order valence-electron chi connectivity index (χ4n) is 2.77. The van der Waals surface area contributed by atoms with Gasteiger partial charge in [-0.05, 0) is 51.3 Å². The summed E-state index contributed by atoms with van der Waals surface area (Å²) in [4.78, 5) is 0. The molecule has 3 unspecified atom stereocenters. The molecule has 2 nitrogen and oxygen atoms in total. The topological polar surface area (TPSA) is 21.3 Å². The fraction of sp³-hybridized carbons (Fsp3) is 0.600. The first-order valence-corrected chi connectivity index (χ1v) is 6.71. The van der Waals surface area contributed by atoms with Crippen molar-refractivity contribution in [2.45, 2.75) is 57.9 Å². The molecular weight excluding hydrogens is 229 g/mol. The van der Waals surface area contributed by atoms with Crippen LogP contribution in [-0.2, 0) is 4.74 Å². The number of benzene rings is 1. The minimum atomic E-state index is -0.171. The number of hydrogen-bond donors (Lipinski definition) is 1. The molecule has 1 aromatic carbocycles. The Labute approximate surface area is 109 Å². The first-order valence-electron chi connectivity index (χ1n) is 6.71. The van der Waals surface area contributed by atoms with Gasteiger partial charge in [-0.3, -0.25) is 0 Å². The zero-order valence-corrected chi connectivity index (χ0v) is 11.3. The Hall–Kier alpha value is -0.930. The van der Waals surface area contributed by atoms with Gasteiger partial charge >= 0.3 is 0 Å². The molecule has 3 heteroatoms. The van der Waals surface area contributed by atoms with E-state index in [4.69, 9.17) is 4.74 Å². The quantitative estimate of drug-likeness (QED) is 0.888. The maximum absolute atomic E-state index is 13.2. The smallest absolute Gasteiger partial charge is 0.123 e. The molecule has 0 radical (unpaired) electrons. The van der Waals surface area contributed by atoms with Crippen LogP contribution in [0.2, 0.25) is 0 Å². The first kappa shape index (κ1) is 13.5. The van der Waals surface area contributed by atoms with Gasteiger partial charge in [0.2, 0.25) is 0 Å². The summed E-state index contributed by atoms with van der Waals surface area (Å²) in [6.07, 6.45) is 2.63. The van der Waals surface area contributed by atoms with Gasteiger partial charge in [-0.1, -0.05) is 12.1 Å². The molecule has 0 bridgehead atoms. The van der Waals surface area contributed by atoms with Gasteiger partial charge in [-0.15, -0.1) is 0 Å². The lowest BCUT2D eigenvalue weighted by Crippen LogP contribution is -2.42. The van der Waals surface area contributed by atoms with Crippen LogP contribution < -0.4 is 5.32 Å². The van der Waals surface area contributed by atoms with Crippen molar-refractivity contribution in [3.8, 4) is 0 Å². The molecular formula is C15H22FNO. The molecule has 2 rings (SSSR count). The predicted octanol–water partition coefficient (Wildman–Crippen LogP) is 3.43. The molecule has 100 valence electrons. The van der Waals surface area contributed by atoms with Crippen LogP contribution in [0.3, 0.4) is 0 Å². The van der Waals surface area contributed by atoms with Crippen LogP contribution in [0.4, 0.5) is 4.39 Å². The Kier molecular flexibility index (Phi) is 4.36. The lowest BCUT2D eigenvalue weighted by atomic mass is 9.98. The highest BCUT2D eigenvalue weighted by Crippen LogP contribution is 2.22. The Bertz CT molecular complexity index is 386. The van der Waals surface area contributed by atoms with E-state index in [-0.39, 0.29) is 11.9 Å². The van der Waals surface area contributed by atoms with Gasteiger partial charge in [0, 0.05) is 12.1 Å². The van der Waals surface area contributed by atoms with Crippen molar-refractivity contribution in [1.82, 2.24) is 5.32 Å². The van der Waals surface area contributed by atoms with E-state index in [1.165, 1.54) is 6.07 Å². The third kappa shape index (κ3) is 3.53. The Morgan fingerprint density at radius 2 is 1.94 bits per heavy atom. The van der Waals surface area contributed by atoms with Gasteiger partial charge < -0.3 is 10.1 Å². The van der Waals surface area contributed by atoms with Gasteiger partial charge in [0.05, 0.1) is 12.2 Å². The fourth-order valence-corrected chi connectivity index (χ4v) is 2.77. The normalized spacial score (nSPS) is 30.1. The van der Waals surface area contributed by atoms with Crippen LogP contribution in [0.15, 0.2) is 24.3 Å². The summed E-state index contributed by atoms with van der Waals surface area (Å²) in [5.41, 5.74) is 1.00. The van der Waals surface area contributed by atoms with E-state index in [1.807, 2.05) is 6.07 Å². The molecule has 0 aliphatic carbocycles. The summed E-state index contributed by atoms with van der Waals surface area (Å²) in [6.45, 7) is 6.30. The molecule has 0 spiro atoms. The van der Waals surface area contributed by atoms with E-state index in [2.05, 4.69) is 26.1 Å². The lowest BCUT2D eigenvalue weighted by molar-refractivity contribution is -0.0433. The number of nitrogens with one attached hydrogen (secondary N) is 1. The van der Waals surface area contributed by atoms with Gasteiger partial charge in [0.1, 0.15) is 5.82 Å². The number of rotatable bonds is 3. The molecule has 1 fully saturated rings. The van der Waals surface area contributed by atoms with Crippen LogP contribution in [0.5, 0.6) is 0 Å². The van der Waals surface area contributed by atoms with Gasteiger partial charge in [-0.2, -0.15) is 0 Å². The molecule has 1 aromatic rings. The molecule has 1 N–H and O–H groups in total. The van der Waals surface area contributed by atoms with E-state index < -0.39 is 0 Å². The summed E-state index contributed by atoms with van der Waals surface area (Å²) in [7, 11) is 0. The molecule has 3 atom stereocenters. The Morgan fingerprint density at radius 3 is 2.56 bits per heavy atom. The zero-order chi connectivity index (χ0) is 13.1. The largest absolute Gasteiger partial charge is 0.375 e. The van der Waals surface area contributed by atoms with Crippen LogP contribution in [0, 0.1) is 5.82 Å². The Balaban J connectivity index is 1.96. The lowest BCUT2D eigenvalue weighted by Gasteiger charge is -2.34. The first-order chi connectivity index (χ1) is 8.54. The minimum Gasteiger partial charge on any atom is -0.375 e. The second-order valence-corrected chi connectivity index (χ2v) is 5.37. The van der Waals surface area contributed by atoms with Gasteiger partial charge in [0.15, 0.2) is 0 Å². The molecule has 0 saturated carbocycles. The molecule has 1 saturated heterocycles. The van der Waals surface area contributed by atoms with E-state index >= 15 is 0 Å². The van der Waals surface area contributed by atoms with Crippen LogP contribution in [0.25, 0.3) is 0 Å². The second kappa shape index (κ2) is 5.81. The molecule has 1 heterocycles. The van der Waals surface area contributed by atoms with E-state index in [0.717, 1.165) is 18.4 Å². The van der Waals surface area contributed by atoms with Gasteiger partial charge in [-0.25, -0.2) is 4.39 Å². The van der Waals surface area contributed by atoms with E-state index in [9.17, 15) is 4.39 Å². The average Bonchev–Trinajstić information content (AvgIpc) is 2.27. The summed E-state index contributed by atoms with van der Waals surface area (Å²) in [5, 5.41) is 3.58. The summed E-state index contributed by atoms with van der Waals surface area (Å²) < 4.78 is 18.9. The van der Waals surface area contributed by atoms with Crippen LogP contribution in [0.1, 0.15) is 45.2 Å². The molecule has 18 heavy (non-hydrogen) atoms. The van der Waals surface area contributed by atoms with Crippen molar-refractivity contribution >= 4 is 0 Å². The third-order valence-corrected chi connectivity index (χ3v) is 3.53. The maximum Gasteiger partial charge on any atom is 0.123 e. The monoisotopic (exact) mass is 251 g/mol. The van der Waals surface area contributed by atoms with E-state index in [0.29, 0.717) is 18.2 Å². The van der Waals surface area contributed by atoms with Crippen LogP contribution in [-0.4, -0.2) is 18.2 Å². The van der Waals surface area contributed by atoms with Crippen molar-refractivity contribution in [2.24, 2.45) is 0 Å². The third-order valence-electron chi connectivity index (χ3n) is 3.53. The molecule has 0 amide bonds. The Morgan fingerprint density at radius 1 is 1.28 bits per heavy atom. The molecule has 0 aromatic heterocycles. The molecule has 1 aliphatic heterocycles. The van der Waals surface area contributed by atoms with Crippen molar-refractivity contribution in [3.63, 3.8) is 0 Å². The maximum atomic E-state index is 13.2. The van der Waals surface area contributed by atoms with Crippen molar-refractivity contribution < 1.29 is 9.13 Å². The van der Waals surface area contributed by atoms with Gasteiger partial charge in [0.25, 0.3) is 0 Å². The van der Waals surface area contributed by atoms with E-state index in [1.54, 1.807) is 12.1 Å². The molecule has 1 aliphatic rings. The highest BCUT2D eigenvalue weighted by Gasteiger charge is 2.25. The minimum absolute atomic E-state index is 0.170. The second-order valence-electron chi connectivity index (χ2n) is 5.37. The highest BCUT2D eigenvalue weighted by atomic mass is 19.1. The number of hydrogen-bond acceptors (Lipinski definition) is 2. The van der Waals surface area contributed by atoms with Crippen molar-refractivity contribution in [2.75, 3.05) is 0 Å². The van der Waals surface area contributed by atoms with Crippen molar-refractivity contribution in [3.05, 3.63) is 35.6 Å². The number of halogens is 1. The summed E-state index contributed by atoms with van der Waals surface area (Å²) in [6, 6.07) is 7.43. The predicted molar refractivity (Wildman–Crippen MR) is 71.0 cm³/mol. The van der Waals surface area contributed by atoms with Crippen LogP contribution >= 0.6 is 0 Å². The summed E-state index contributed by atoms with van der Waals surface area (Å²) >= 11 is 0. The summed E-state index contributed by atoms with van der Waals surface area (Å²) in [5.74, 6) is -0.171. The standard InChI is InChI=1S/C15H22FNO/c1-10-7-15(8-11(2)18-10)17-12(3)13-5-4-6-14(16)9-13/h4-6,9-12,15,17H,7-8H2,1-3H3. The number of ether oxygens (including phenoxy) is 1. The average molecular weight is 251 g/mol. The SMILES string of the molecule is CC1CC(NC(C)c2cccc(F)c2)CC(C)O1. The highest BCUT2D eigenvalue weighted by molar-refractivity contribution is 5.19.